The minimum atomic E-state index is -0.243. The van der Waals surface area contributed by atoms with Gasteiger partial charge in [-0.25, -0.2) is 0 Å². The first-order valence-electron chi connectivity index (χ1n) is 8.52. The van der Waals surface area contributed by atoms with Crippen LogP contribution in [-0.4, -0.2) is 12.5 Å². The van der Waals surface area contributed by atoms with Gasteiger partial charge in [0.1, 0.15) is 17.2 Å². The normalized spacial score (nSPS) is 10.3. The molecule has 0 unspecified atom stereocenters. The van der Waals surface area contributed by atoms with E-state index in [1.54, 1.807) is 36.4 Å². The third-order valence-corrected chi connectivity index (χ3v) is 4.00. The second-order valence-electron chi connectivity index (χ2n) is 6.24. The van der Waals surface area contributed by atoms with Gasteiger partial charge in [0.2, 0.25) is 0 Å². The van der Waals surface area contributed by atoms with E-state index in [0.29, 0.717) is 22.2 Å². The number of hydrogen-bond donors (Lipinski definition) is 1. The maximum Gasteiger partial charge on any atom is 0.262 e. The minimum Gasteiger partial charge on any atom is -0.484 e. The van der Waals surface area contributed by atoms with Crippen LogP contribution in [-0.2, 0) is 4.79 Å². The van der Waals surface area contributed by atoms with Crippen molar-refractivity contribution in [3.8, 4) is 17.2 Å². The monoisotopic (exact) mass is 381 g/mol. The molecule has 0 aliphatic heterocycles. The molecular formula is C22H20ClNO3. The number of hydrogen-bond acceptors (Lipinski definition) is 3. The lowest BCUT2D eigenvalue weighted by Crippen LogP contribution is -2.20. The first kappa shape index (κ1) is 18.8. The Morgan fingerprint density at radius 3 is 2.07 bits per heavy atom. The quantitative estimate of drug-likeness (QED) is 0.589. The topological polar surface area (TPSA) is 47.6 Å². The van der Waals surface area contributed by atoms with Crippen molar-refractivity contribution in [1.82, 2.24) is 0 Å². The molecule has 4 nitrogen and oxygen atoms in total. The molecule has 0 aliphatic rings. The molecule has 0 spiro atoms. The largest absolute Gasteiger partial charge is 0.484 e. The summed E-state index contributed by atoms with van der Waals surface area (Å²) in [4.78, 5) is 11.9. The summed E-state index contributed by atoms with van der Waals surface area (Å²) in [6.45, 7) is 3.98. The van der Waals surface area contributed by atoms with Gasteiger partial charge in [0.15, 0.2) is 6.61 Å². The Morgan fingerprint density at radius 2 is 1.44 bits per heavy atom. The number of benzene rings is 3. The highest BCUT2D eigenvalue weighted by molar-refractivity contribution is 6.30. The summed E-state index contributed by atoms with van der Waals surface area (Å²) in [6.07, 6.45) is 0. The van der Waals surface area contributed by atoms with E-state index in [1.807, 2.05) is 38.1 Å². The fourth-order valence-corrected chi connectivity index (χ4v) is 2.74. The standard InChI is InChI=1S/C22H20ClNO3/c1-15-11-16(2)13-21(12-15)27-20-9-7-19(8-10-20)26-14-22(25)24-18-5-3-17(23)4-6-18/h3-13H,14H2,1-2H3,(H,24,25). The summed E-state index contributed by atoms with van der Waals surface area (Å²) in [6, 6.07) is 20.1. The molecule has 3 aromatic rings. The zero-order valence-electron chi connectivity index (χ0n) is 15.2. The summed E-state index contributed by atoms with van der Waals surface area (Å²) in [5.41, 5.74) is 2.97. The van der Waals surface area contributed by atoms with Crippen LogP contribution in [0.2, 0.25) is 5.02 Å². The van der Waals surface area contributed by atoms with E-state index in [-0.39, 0.29) is 12.5 Å². The minimum absolute atomic E-state index is 0.0834. The average molecular weight is 382 g/mol. The van der Waals surface area contributed by atoms with E-state index in [0.717, 1.165) is 16.9 Å². The number of nitrogens with one attached hydrogen (secondary N) is 1. The van der Waals surface area contributed by atoms with Gasteiger partial charge in [0, 0.05) is 10.7 Å². The molecule has 0 bridgehead atoms. The maximum absolute atomic E-state index is 11.9. The zero-order valence-corrected chi connectivity index (χ0v) is 15.9. The van der Waals surface area contributed by atoms with Gasteiger partial charge in [-0.05, 0) is 85.6 Å². The molecule has 0 atom stereocenters. The lowest BCUT2D eigenvalue weighted by Gasteiger charge is -2.10. The van der Waals surface area contributed by atoms with E-state index in [1.165, 1.54) is 0 Å². The smallest absolute Gasteiger partial charge is 0.262 e. The van der Waals surface area contributed by atoms with Gasteiger partial charge in [-0.3, -0.25) is 4.79 Å². The van der Waals surface area contributed by atoms with Crippen LogP contribution in [0.15, 0.2) is 66.7 Å². The molecule has 0 aliphatic carbocycles. The lowest BCUT2D eigenvalue weighted by atomic mass is 10.1. The van der Waals surface area contributed by atoms with Crippen molar-refractivity contribution in [1.29, 1.82) is 0 Å². The van der Waals surface area contributed by atoms with Gasteiger partial charge >= 0.3 is 0 Å². The highest BCUT2D eigenvalue weighted by atomic mass is 35.5. The molecule has 0 aromatic heterocycles. The Hall–Kier alpha value is -2.98. The fraction of sp³-hybridized carbons (Fsp3) is 0.136. The second-order valence-corrected chi connectivity index (χ2v) is 6.68. The van der Waals surface area contributed by atoms with Crippen LogP contribution in [0.5, 0.6) is 17.2 Å². The molecule has 27 heavy (non-hydrogen) atoms. The van der Waals surface area contributed by atoms with Crippen LogP contribution in [0.1, 0.15) is 11.1 Å². The van der Waals surface area contributed by atoms with Crippen molar-refractivity contribution in [2.75, 3.05) is 11.9 Å². The molecule has 138 valence electrons. The number of anilines is 1. The number of halogens is 1. The number of amides is 1. The number of ether oxygens (including phenoxy) is 2. The van der Waals surface area contributed by atoms with Crippen molar-refractivity contribution in [3.05, 3.63) is 82.9 Å². The summed E-state index contributed by atoms with van der Waals surface area (Å²) >= 11 is 5.82. The van der Waals surface area contributed by atoms with E-state index in [4.69, 9.17) is 21.1 Å². The SMILES string of the molecule is Cc1cc(C)cc(Oc2ccc(OCC(=O)Nc3ccc(Cl)cc3)cc2)c1. The van der Waals surface area contributed by atoms with Crippen LogP contribution in [0.4, 0.5) is 5.69 Å². The Bertz CT molecular complexity index is 901. The van der Waals surface area contributed by atoms with Crippen LogP contribution in [0.25, 0.3) is 0 Å². The maximum atomic E-state index is 11.9. The van der Waals surface area contributed by atoms with Crippen LogP contribution >= 0.6 is 11.6 Å². The molecular weight excluding hydrogens is 362 g/mol. The third kappa shape index (κ3) is 5.76. The molecule has 5 heteroatoms. The molecule has 0 saturated carbocycles. The van der Waals surface area contributed by atoms with Crippen LogP contribution in [0, 0.1) is 13.8 Å². The number of carbonyl (C=O) groups is 1. The molecule has 1 N–H and O–H groups in total. The van der Waals surface area contributed by atoms with Gasteiger partial charge in [0.25, 0.3) is 5.91 Å². The molecule has 3 rings (SSSR count). The highest BCUT2D eigenvalue weighted by Crippen LogP contribution is 2.25. The molecule has 0 saturated heterocycles. The van der Waals surface area contributed by atoms with Gasteiger partial charge in [-0.2, -0.15) is 0 Å². The summed E-state index contributed by atoms with van der Waals surface area (Å²) < 4.78 is 11.4. The predicted octanol–water partition coefficient (Wildman–Crippen LogP) is 5.77. The van der Waals surface area contributed by atoms with Crippen molar-refractivity contribution in [3.63, 3.8) is 0 Å². The Labute approximate surface area is 163 Å². The van der Waals surface area contributed by atoms with Crippen LogP contribution < -0.4 is 14.8 Å². The lowest BCUT2D eigenvalue weighted by molar-refractivity contribution is -0.118. The average Bonchev–Trinajstić information content (AvgIpc) is 2.62. The Balaban J connectivity index is 1.52. The number of aryl methyl sites for hydroxylation is 2. The van der Waals surface area contributed by atoms with Crippen molar-refractivity contribution < 1.29 is 14.3 Å². The highest BCUT2D eigenvalue weighted by Gasteiger charge is 2.05. The van der Waals surface area contributed by atoms with Gasteiger partial charge in [0.05, 0.1) is 0 Å². The van der Waals surface area contributed by atoms with E-state index in [9.17, 15) is 4.79 Å². The first-order valence-corrected chi connectivity index (χ1v) is 8.90. The molecule has 0 radical (unpaired) electrons. The second kappa shape index (κ2) is 8.60. The molecule has 0 fully saturated rings. The summed E-state index contributed by atoms with van der Waals surface area (Å²) in [7, 11) is 0. The Kier molecular flexibility index (Phi) is 5.99. The number of rotatable bonds is 6. The summed E-state index contributed by atoms with van der Waals surface area (Å²) in [5, 5.41) is 3.36. The summed E-state index contributed by atoms with van der Waals surface area (Å²) in [5.74, 6) is 1.85. The van der Waals surface area contributed by atoms with Gasteiger partial charge in [-0.1, -0.05) is 17.7 Å². The van der Waals surface area contributed by atoms with Crippen molar-refractivity contribution in [2.45, 2.75) is 13.8 Å². The number of carbonyl (C=O) groups excluding carboxylic acids is 1. The molecule has 0 heterocycles. The van der Waals surface area contributed by atoms with E-state index < -0.39 is 0 Å². The first-order chi connectivity index (χ1) is 13.0. The van der Waals surface area contributed by atoms with E-state index >= 15 is 0 Å². The zero-order chi connectivity index (χ0) is 19.2. The third-order valence-electron chi connectivity index (χ3n) is 3.75. The van der Waals surface area contributed by atoms with Crippen molar-refractivity contribution >= 4 is 23.2 Å². The van der Waals surface area contributed by atoms with Gasteiger partial charge < -0.3 is 14.8 Å². The van der Waals surface area contributed by atoms with E-state index in [2.05, 4.69) is 11.4 Å². The van der Waals surface area contributed by atoms with Crippen LogP contribution in [0.3, 0.4) is 0 Å². The Morgan fingerprint density at radius 1 is 0.852 bits per heavy atom. The predicted molar refractivity (Wildman–Crippen MR) is 108 cm³/mol. The molecule has 3 aromatic carbocycles. The van der Waals surface area contributed by atoms with Crippen molar-refractivity contribution in [2.24, 2.45) is 0 Å². The fourth-order valence-electron chi connectivity index (χ4n) is 2.61. The molecule has 1 amide bonds. The van der Waals surface area contributed by atoms with Gasteiger partial charge in [-0.15, -0.1) is 0 Å².